The van der Waals surface area contributed by atoms with Gasteiger partial charge in [-0.25, -0.2) is 4.98 Å². The van der Waals surface area contributed by atoms with Gasteiger partial charge in [-0.15, -0.1) is 0 Å². The molecule has 0 aliphatic heterocycles. The molecule has 1 aromatic heterocycles. The first-order valence-electron chi connectivity index (χ1n) is 6.09. The van der Waals surface area contributed by atoms with Gasteiger partial charge in [0.1, 0.15) is 6.33 Å². The minimum Gasteiger partial charge on any atom is -0.312 e. The number of halogens is 1. The number of nitrogens with one attached hydrogen (secondary N) is 1. The molecule has 0 spiro atoms. The van der Waals surface area contributed by atoms with E-state index >= 15 is 0 Å². The summed E-state index contributed by atoms with van der Waals surface area (Å²) in [6.07, 6.45) is 1.56. The van der Waals surface area contributed by atoms with Crippen LogP contribution in [-0.4, -0.2) is 15.9 Å². The minimum atomic E-state index is 0.655. The highest BCUT2D eigenvalue weighted by molar-refractivity contribution is 8.01. The molecule has 0 fully saturated rings. The number of nitrogens with zero attached hydrogens (tertiary/aromatic N) is 2. The van der Waals surface area contributed by atoms with E-state index in [9.17, 15) is 0 Å². The van der Waals surface area contributed by atoms with Crippen LogP contribution in [0.15, 0.2) is 33.8 Å². The highest BCUT2D eigenvalue weighted by Crippen LogP contribution is 2.34. The number of rotatable bonds is 6. The van der Waals surface area contributed by atoms with Gasteiger partial charge in [0.2, 0.25) is 0 Å². The van der Waals surface area contributed by atoms with E-state index in [-0.39, 0.29) is 0 Å². The molecule has 0 aliphatic rings. The van der Waals surface area contributed by atoms with E-state index < -0.39 is 0 Å². The molecule has 0 aliphatic carbocycles. The maximum atomic E-state index is 6.30. The Balaban J connectivity index is 1.97. The van der Waals surface area contributed by atoms with Crippen LogP contribution in [0.3, 0.4) is 0 Å². The van der Waals surface area contributed by atoms with Gasteiger partial charge >= 0.3 is 0 Å². The molecular weight excluding hydrogens is 298 g/mol. The molecule has 0 atom stereocenters. The average Bonchev–Trinajstić information content (AvgIpc) is 2.85. The van der Waals surface area contributed by atoms with Crippen molar-refractivity contribution >= 4 is 34.9 Å². The lowest BCUT2D eigenvalue weighted by molar-refractivity contribution is 0.552. The van der Waals surface area contributed by atoms with Crippen molar-refractivity contribution in [3.63, 3.8) is 0 Å². The summed E-state index contributed by atoms with van der Waals surface area (Å²) >= 11 is 9.23. The van der Waals surface area contributed by atoms with E-state index in [1.54, 1.807) is 18.1 Å². The van der Waals surface area contributed by atoms with E-state index in [4.69, 9.17) is 11.6 Å². The molecule has 2 rings (SSSR count). The first-order valence-corrected chi connectivity index (χ1v) is 8.05. The summed E-state index contributed by atoms with van der Waals surface area (Å²) in [4.78, 5) is 5.16. The van der Waals surface area contributed by atoms with Gasteiger partial charge in [-0.05, 0) is 41.7 Å². The zero-order valence-electron chi connectivity index (χ0n) is 10.9. The van der Waals surface area contributed by atoms with Crippen LogP contribution in [0.4, 0.5) is 0 Å². The number of benzene rings is 1. The molecule has 19 heavy (non-hydrogen) atoms. The third-order valence-corrected chi connectivity index (χ3v) is 4.63. The molecule has 3 nitrogen and oxygen atoms in total. The first kappa shape index (κ1) is 14.8. The predicted molar refractivity (Wildman–Crippen MR) is 82.0 cm³/mol. The molecule has 0 amide bonds. The Kier molecular flexibility index (Phi) is 5.63. The van der Waals surface area contributed by atoms with Crippen LogP contribution in [-0.2, 0) is 6.54 Å². The minimum absolute atomic E-state index is 0.655. The van der Waals surface area contributed by atoms with Gasteiger partial charge in [0.15, 0.2) is 4.34 Å². The number of aromatic nitrogens is 2. The molecule has 0 bridgehead atoms. The summed E-state index contributed by atoms with van der Waals surface area (Å²) in [6.45, 7) is 6.25. The highest BCUT2D eigenvalue weighted by atomic mass is 35.5. The lowest BCUT2D eigenvalue weighted by atomic mass is 10.2. The number of hydrogen-bond acceptors (Lipinski definition) is 5. The fourth-order valence-electron chi connectivity index (χ4n) is 1.54. The maximum Gasteiger partial charge on any atom is 0.174 e. The second kappa shape index (κ2) is 7.24. The van der Waals surface area contributed by atoms with Gasteiger partial charge in [0.25, 0.3) is 0 Å². The van der Waals surface area contributed by atoms with Crippen molar-refractivity contribution in [2.24, 2.45) is 5.92 Å². The summed E-state index contributed by atoms with van der Waals surface area (Å²) < 4.78 is 4.89. The van der Waals surface area contributed by atoms with Gasteiger partial charge in [-0.3, -0.25) is 0 Å². The van der Waals surface area contributed by atoms with Gasteiger partial charge in [0, 0.05) is 11.4 Å². The molecule has 1 heterocycles. The predicted octanol–water partition coefficient (Wildman–Crippen LogP) is 4.09. The van der Waals surface area contributed by atoms with Crippen molar-refractivity contribution in [3.8, 4) is 0 Å². The van der Waals surface area contributed by atoms with Crippen LogP contribution in [0.25, 0.3) is 0 Å². The van der Waals surface area contributed by atoms with E-state index in [0.717, 1.165) is 27.3 Å². The monoisotopic (exact) mass is 313 g/mol. The Morgan fingerprint density at radius 2 is 2.26 bits per heavy atom. The normalized spacial score (nSPS) is 11.2. The van der Waals surface area contributed by atoms with Crippen LogP contribution in [0.5, 0.6) is 0 Å². The maximum absolute atomic E-state index is 6.30. The molecule has 2 aromatic rings. The fourth-order valence-corrected chi connectivity index (χ4v) is 3.27. The second-order valence-electron chi connectivity index (χ2n) is 4.60. The summed E-state index contributed by atoms with van der Waals surface area (Å²) in [7, 11) is 0. The van der Waals surface area contributed by atoms with Crippen molar-refractivity contribution in [3.05, 3.63) is 35.1 Å². The Bertz CT molecular complexity index is 515. The van der Waals surface area contributed by atoms with Gasteiger partial charge in [0.05, 0.1) is 5.02 Å². The second-order valence-corrected chi connectivity index (χ2v) is 7.08. The van der Waals surface area contributed by atoms with E-state index in [1.165, 1.54) is 17.1 Å². The zero-order chi connectivity index (χ0) is 13.7. The molecule has 6 heteroatoms. The molecule has 0 saturated carbocycles. The Labute approximate surface area is 127 Å². The SMILES string of the molecule is CC(C)CNCc1ccc(Sc2ncns2)c(Cl)c1. The highest BCUT2D eigenvalue weighted by Gasteiger charge is 2.06. The van der Waals surface area contributed by atoms with Gasteiger partial charge < -0.3 is 5.32 Å². The van der Waals surface area contributed by atoms with Gasteiger partial charge in [-0.1, -0.05) is 43.3 Å². The Morgan fingerprint density at radius 3 is 2.89 bits per heavy atom. The van der Waals surface area contributed by atoms with Crippen LogP contribution >= 0.6 is 34.9 Å². The first-order chi connectivity index (χ1) is 9.15. The van der Waals surface area contributed by atoms with E-state index in [0.29, 0.717) is 5.92 Å². The summed E-state index contributed by atoms with van der Waals surface area (Å²) in [6, 6.07) is 6.15. The van der Waals surface area contributed by atoms with E-state index in [1.807, 2.05) is 12.1 Å². The summed E-state index contributed by atoms with van der Waals surface area (Å²) in [5, 5.41) is 4.18. The van der Waals surface area contributed by atoms with Crippen LogP contribution in [0, 0.1) is 5.92 Å². The van der Waals surface area contributed by atoms with Crippen LogP contribution < -0.4 is 5.32 Å². The third-order valence-electron chi connectivity index (χ3n) is 2.42. The number of hydrogen-bond donors (Lipinski definition) is 1. The standard InChI is InChI=1S/C13H16ClN3S2/c1-9(2)6-15-7-10-3-4-12(11(14)5-10)18-13-16-8-17-19-13/h3-5,8-9,15H,6-7H2,1-2H3. The van der Waals surface area contributed by atoms with Crippen molar-refractivity contribution in [1.29, 1.82) is 0 Å². The molecular formula is C13H16ClN3S2. The summed E-state index contributed by atoms with van der Waals surface area (Å²) in [5.41, 5.74) is 1.20. The van der Waals surface area contributed by atoms with Crippen molar-refractivity contribution in [1.82, 2.24) is 14.7 Å². The molecule has 1 N–H and O–H groups in total. The smallest absolute Gasteiger partial charge is 0.174 e. The Morgan fingerprint density at radius 1 is 1.42 bits per heavy atom. The van der Waals surface area contributed by atoms with Crippen molar-refractivity contribution in [2.75, 3.05) is 6.54 Å². The Hall–Kier alpha value is -0.620. The quantitative estimate of drug-likeness (QED) is 0.871. The lowest BCUT2D eigenvalue weighted by Crippen LogP contribution is -2.18. The average molecular weight is 314 g/mol. The van der Waals surface area contributed by atoms with Crippen LogP contribution in [0.1, 0.15) is 19.4 Å². The molecule has 1 aromatic carbocycles. The molecule has 0 saturated heterocycles. The van der Waals surface area contributed by atoms with Crippen molar-refractivity contribution < 1.29 is 0 Å². The van der Waals surface area contributed by atoms with Gasteiger partial charge in [-0.2, -0.15) is 4.37 Å². The molecule has 102 valence electrons. The van der Waals surface area contributed by atoms with E-state index in [2.05, 4.69) is 34.6 Å². The third kappa shape index (κ3) is 4.76. The largest absolute Gasteiger partial charge is 0.312 e. The molecule has 0 radical (unpaired) electrons. The summed E-state index contributed by atoms with van der Waals surface area (Å²) in [5.74, 6) is 0.655. The van der Waals surface area contributed by atoms with Crippen molar-refractivity contribution in [2.45, 2.75) is 29.6 Å². The lowest BCUT2D eigenvalue weighted by Gasteiger charge is -2.09. The zero-order valence-corrected chi connectivity index (χ0v) is 13.3. The topological polar surface area (TPSA) is 37.8 Å². The fraction of sp³-hybridized carbons (Fsp3) is 0.385. The molecule has 0 unspecified atom stereocenters. The van der Waals surface area contributed by atoms with Crippen LogP contribution in [0.2, 0.25) is 5.02 Å².